The Morgan fingerprint density at radius 2 is 2.31 bits per heavy atom. The maximum absolute atomic E-state index is 6.02. The number of nitrogens with two attached hydrogens (primary N) is 1. The molecule has 0 radical (unpaired) electrons. The van der Waals surface area contributed by atoms with Crippen LogP contribution >= 0.6 is 27.5 Å². The van der Waals surface area contributed by atoms with Gasteiger partial charge in [0.05, 0.1) is 4.47 Å². The van der Waals surface area contributed by atoms with Gasteiger partial charge in [-0.25, -0.2) is 4.98 Å². The van der Waals surface area contributed by atoms with Crippen molar-refractivity contribution < 1.29 is 0 Å². The second-order valence-electron chi connectivity index (χ2n) is 3.40. The van der Waals surface area contributed by atoms with Crippen molar-refractivity contribution in [3.05, 3.63) is 27.5 Å². The molecule has 1 fully saturated rings. The Labute approximate surface area is 90.6 Å². The quantitative estimate of drug-likeness (QED) is 0.832. The van der Waals surface area contributed by atoms with Crippen molar-refractivity contribution in [1.29, 1.82) is 0 Å². The van der Waals surface area contributed by atoms with E-state index in [2.05, 4.69) is 20.9 Å². The molecule has 0 spiro atoms. The summed E-state index contributed by atoms with van der Waals surface area (Å²) < 4.78 is 0.822. The minimum Gasteiger partial charge on any atom is -0.324 e. The predicted molar refractivity (Wildman–Crippen MR) is 56.6 cm³/mol. The fourth-order valence-electron chi connectivity index (χ4n) is 1.35. The van der Waals surface area contributed by atoms with Crippen LogP contribution in [-0.4, -0.2) is 4.98 Å². The molecule has 0 unspecified atom stereocenters. The second kappa shape index (κ2) is 3.56. The molecule has 1 saturated carbocycles. The number of rotatable bonds is 2. The van der Waals surface area contributed by atoms with Crippen molar-refractivity contribution in [3.63, 3.8) is 0 Å². The highest BCUT2D eigenvalue weighted by molar-refractivity contribution is 9.10. The summed E-state index contributed by atoms with van der Waals surface area (Å²) in [4.78, 5) is 4.05. The third-order valence-corrected chi connectivity index (χ3v) is 3.47. The van der Waals surface area contributed by atoms with Crippen LogP contribution in [0.5, 0.6) is 0 Å². The van der Waals surface area contributed by atoms with E-state index in [-0.39, 0.29) is 6.04 Å². The Bertz CT molecular complexity index is 325. The molecule has 1 atom stereocenters. The lowest BCUT2D eigenvalue weighted by Crippen LogP contribution is -2.12. The molecule has 2 N–H and O–H groups in total. The number of nitrogens with zero attached hydrogens (tertiary/aromatic N) is 1. The third-order valence-electron chi connectivity index (χ3n) is 2.33. The van der Waals surface area contributed by atoms with Crippen molar-refractivity contribution in [2.45, 2.75) is 18.9 Å². The van der Waals surface area contributed by atoms with Crippen LogP contribution in [0.4, 0.5) is 0 Å². The zero-order valence-corrected chi connectivity index (χ0v) is 9.35. The van der Waals surface area contributed by atoms with Crippen LogP contribution in [0.1, 0.15) is 24.4 Å². The highest BCUT2D eigenvalue weighted by Gasteiger charge is 2.29. The summed E-state index contributed by atoms with van der Waals surface area (Å²) in [5.74, 6) is 0.648. The molecule has 0 saturated heterocycles. The van der Waals surface area contributed by atoms with E-state index < -0.39 is 0 Å². The molecule has 2 nitrogen and oxygen atoms in total. The van der Waals surface area contributed by atoms with Crippen LogP contribution in [0.3, 0.4) is 0 Å². The van der Waals surface area contributed by atoms with Crippen LogP contribution in [0.25, 0.3) is 0 Å². The summed E-state index contributed by atoms with van der Waals surface area (Å²) in [7, 11) is 0. The van der Waals surface area contributed by atoms with Crippen molar-refractivity contribution in [3.8, 4) is 0 Å². The Morgan fingerprint density at radius 1 is 1.62 bits per heavy atom. The average Bonchev–Trinajstić information content (AvgIpc) is 2.91. The standard InChI is InChI=1S/C9H10BrClN2/c10-7-3-6(4-13-9(7)11)8(12)5-1-2-5/h3-5,8H,1-2,12H2/t8-/m1/s1. The van der Waals surface area contributed by atoms with E-state index in [1.54, 1.807) is 6.20 Å². The molecule has 1 aliphatic rings. The SMILES string of the molecule is N[C@@H](c1cnc(Cl)c(Br)c1)C1CC1. The molecule has 70 valence electrons. The maximum Gasteiger partial charge on any atom is 0.143 e. The average molecular weight is 262 g/mol. The van der Waals surface area contributed by atoms with Gasteiger partial charge in [-0.15, -0.1) is 0 Å². The van der Waals surface area contributed by atoms with Crippen LogP contribution in [0.15, 0.2) is 16.7 Å². The van der Waals surface area contributed by atoms with Gasteiger partial charge in [0, 0.05) is 12.2 Å². The molecule has 0 bridgehead atoms. The van der Waals surface area contributed by atoms with Gasteiger partial charge in [0.1, 0.15) is 5.15 Å². The van der Waals surface area contributed by atoms with E-state index in [0.717, 1.165) is 10.0 Å². The Hall–Kier alpha value is -0.120. The van der Waals surface area contributed by atoms with E-state index in [9.17, 15) is 0 Å². The molecule has 0 amide bonds. The topological polar surface area (TPSA) is 38.9 Å². The number of hydrogen-bond acceptors (Lipinski definition) is 2. The predicted octanol–water partition coefficient (Wildman–Crippen LogP) is 2.91. The lowest BCUT2D eigenvalue weighted by atomic mass is 10.1. The van der Waals surface area contributed by atoms with E-state index in [4.69, 9.17) is 17.3 Å². The number of halogens is 2. The first kappa shape index (κ1) is 9.44. The van der Waals surface area contributed by atoms with Gasteiger partial charge in [0.25, 0.3) is 0 Å². The van der Waals surface area contributed by atoms with Crippen LogP contribution < -0.4 is 5.73 Å². The Kier molecular flexibility index (Phi) is 2.58. The van der Waals surface area contributed by atoms with Crippen LogP contribution in [0.2, 0.25) is 5.15 Å². The van der Waals surface area contributed by atoms with Gasteiger partial charge in [0.2, 0.25) is 0 Å². The van der Waals surface area contributed by atoms with Gasteiger partial charge < -0.3 is 5.73 Å². The zero-order valence-electron chi connectivity index (χ0n) is 7.00. The summed E-state index contributed by atoms with van der Waals surface area (Å²) in [5, 5.41) is 0.492. The fourth-order valence-corrected chi connectivity index (χ4v) is 1.82. The molecular formula is C9H10BrClN2. The summed E-state index contributed by atoms with van der Waals surface area (Å²) in [6, 6.07) is 2.08. The van der Waals surface area contributed by atoms with Gasteiger partial charge in [-0.3, -0.25) is 0 Å². The lowest BCUT2D eigenvalue weighted by Gasteiger charge is -2.10. The molecular weight excluding hydrogens is 251 g/mol. The van der Waals surface area contributed by atoms with Gasteiger partial charge in [-0.05, 0) is 46.3 Å². The van der Waals surface area contributed by atoms with Gasteiger partial charge in [0.15, 0.2) is 0 Å². The fraction of sp³-hybridized carbons (Fsp3) is 0.444. The largest absolute Gasteiger partial charge is 0.324 e. The van der Waals surface area contributed by atoms with Gasteiger partial charge in [-0.2, -0.15) is 0 Å². The first-order chi connectivity index (χ1) is 6.18. The van der Waals surface area contributed by atoms with Crippen molar-refractivity contribution in [2.24, 2.45) is 11.7 Å². The van der Waals surface area contributed by atoms with E-state index in [1.165, 1.54) is 12.8 Å². The minimum atomic E-state index is 0.126. The minimum absolute atomic E-state index is 0.126. The van der Waals surface area contributed by atoms with Crippen molar-refractivity contribution >= 4 is 27.5 Å². The maximum atomic E-state index is 6.02. The molecule has 1 aliphatic carbocycles. The van der Waals surface area contributed by atoms with E-state index in [1.807, 2.05) is 6.07 Å². The number of pyridine rings is 1. The first-order valence-electron chi connectivity index (χ1n) is 4.25. The monoisotopic (exact) mass is 260 g/mol. The van der Waals surface area contributed by atoms with Crippen LogP contribution in [0, 0.1) is 5.92 Å². The van der Waals surface area contributed by atoms with Gasteiger partial charge >= 0.3 is 0 Å². The molecule has 1 heterocycles. The second-order valence-corrected chi connectivity index (χ2v) is 4.62. The van der Waals surface area contributed by atoms with Crippen molar-refractivity contribution in [2.75, 3.05) is 0 Å². The lowest BCUT2D eigenvalue weighted by molar-refractivity contribution is 0.630. The molecule has 1 aromatic heterocycles. The van der Waals surface area contributed by atoms with Crippen LogP contribution in [-0.2, 0) is 0 Å². The van der Waals surface area contributed by atoms with E-state index in [0.29, 0.717) is 11.1 Å². The summed E-state index contributed by atoms with van der Waals surface area (Å²) >= 11 is 9.12. The third kappa shape index (κ3) is 2.03. The summed E-state index contributed by atoms with van der Waals surface area (Å²) in [6.45, 7) is 0. The highest BCUT2D eigenvalue weighted by atomic mass is 79.9. The Balaban J connectivity index is 2.24. The summed E-state index contributed by atoms with van der Waals surface area (Å²) in [5.41, 5.74) is 7.08. The molecule has 4 heteroatoms. The van der Waals surface area contributed by atoms with E-state index >= 15 is 0 Å². The highest BCUT2D eigenvalue weighted by Crippen LogP contribution is 2.40. The normalized spacial score (nSPS) is 18.7. The molecule has 0 aromatic carbocycles. The summed E-state index contributed by atoms with van der Waals surface area (Å²) in [6.07, 6.45) is 4.24. The number of hydrogen-bond donors (Lipinski definition) is 1. The van der Waals surface area contributed by atoms with Crippen molar-refractivity contribution in [1.82, 2.24) is 4.98 Å². The zero-order chi connectivity index (χ0) is 9.42. The Morgan fingerprint density at radius 3 is 2.85 bits per heavy atom. The first-order valence-corrected chi connectivity index (χ1v) is 5.42. The molecule has 1 aromatic rings. The molecule has 2 rings (SSSR count). The molecule has 0 aliphatic heterocycles. The smallest absolute Gasteiger partial charge is 0.143 e. The number of aromatic nitrogens is 1. The van der Waals surface area contributed by atoms with Gasteiger partial charge in [-0.1, -0.05) is 11.6 Å². The molecule has 13 heavy (non-hydrogen) atoms.